The molecule has 1 nitrogen and oxygen atoms in total. The molecule has 1 aliphatic carbocycles. The first-order chi connectivity index (χ1) is 9.70. The van der Waals surface area contributed by atoms with Crippen molar-refractivity contribution in [3.63, 3.8) is 0 Å². The zero-order valence-corrected chi connectivity index (χ0v) is 12.7. The van der Waals surface area contributed by atoms with Gasteiger partial charge in [-0.15, -0.1) is 0 Å². The van der Waals surface area contributed by atoms with E-state index in [0.717, 1.165) is 12.8 Å². The van der Waals surface area contributed by atoms with Gasteiger partial charge in [-0.2, -0.15) is 0 Å². The summed E-state index contributed by atoms with van der Waals surface area (Å²) in [7, 11) is 1.87. The van der Waals surface area contributed by atoms with Crippen LogP contribution in [0.1, 0.15) is 35.4 Å². The molecule has 0 amide bonds. The highest BCUT2D eigenvalue weighted by atomic mass is 35.5. The summed E-state index contributed by atoms with van der Waals surface area (Å²) in [4.78, 5) is 4.42. The van der Waals surface area contributed by atoms with Crippen LogP contribution in [-0.2, 0) is 0 Å². The minimum atomic E-state index is 0.367. The molecule has 1 atom stereocenters. The van der Waals surface area contributed by atoms with Gasteiger partial charge in [-0.1, -0.05) is 53.5 Å². The number of rotatable bonds is 1. The van der Waals surface area contributed by atoms with Crippen LogP contribution in [0.2, 0.25) is 10.0 Å². The number of nitrogens with zero attached hydrogens (tertiary/aromatic N) is 1. The van der Waals surface area contributed by atoms with Crippen LogP contribution in [0.15, 0.2) is 47.5 Å². The first-order valence-corrected chi connectivity index (χ1v) is 7.46. The topological polar surface area (TPSA) is 12.4 Å². The van der Waals surface area contributed by atoms with Gasteiger partial charge in [-0.3, -0.25) is 4.99 Å². The summed E-state index contributed by atoms with van der Waals surface area (Å²) >= 11 is 12.2. The summed E-state index contributed by atoms with van der Waals surface area (Å²) in [5.41, 5.74) is 5.01. The van der Waals surface area contributed by atoms with Crippen molar-refractivity contribution in [2.45, 2.75) is 18.8 Å². The third kappa shape index (κ3) is 2.36. The summed E-state index contributed by atoms with van der Waals surface area (Å²) in [6.07, 6.45) is 2.06. The van der Waals surface area contributed by atoms with Crippen molar-refractivity contribution >= 4 is 28.9 Å². The first kappa shape index (κ1) is 13.7. The SMILES string of the molecule is C/N=C1/CC[C@@H](c2ccc(Cl)c(Cl)c2)c2ccccc21. The zero-order valence-electron chi connectivity index (χ0n) is 11.2. The van der Waals surface area contributed by atoms with Gasteiger partial charge in [-0.05, 0) is 41.7 Å². The Morgan fingerprint density at radius 1 is 1.05 bits per heavy atom. The largest absolute Gasteiger partial charge is 0.292 e. The van der Waals surface area contributed by atoms with E-state index >= 15 is 0 Å². The molecule has 0 unspecified atom stereocenters. The van der Waals surface area contributed by atoms with Crippen molar-refractivity contribution in [3.8, 4) is 0 Å². The molecule has 2 aromatic carbocycles. The molecule has 0 saturated heterocycles. The molecule has 0 N–H and O–H groups in total. The van der Waals surface area contributed by atoms with Crippen LogP contribution >= 0.6 is 23.2 Å². The van der Waals surface area contributed by atoms with Crippen molar-refractivity contribution in [1.29, 1.82) is 0 Å². The summed E-state index contributed by atoms with van der Waals surface area (Å²) in [6.45, 7) is 0. The van der Waals surface area contributed by atoms with Gasteiger partial charge < -0.3 is 0 Å². The average Bonchev–Trinajstić information content (AvgIpc) is 2.49. The lowest BCUT2D eigenvalue weighted by Gasteiger charge is -2.27. The van der Waals surface area contributed by atoms with Gasteiger partial charge >= 0.3 is 0 Å². The molecule has 1 aliphatic rings. The molecule has 0 saturated carbocycles. The number of hydrogen-bond acceptors (Lipinski definition) is 1. The molecule has 20 heavy (non-hydrogen) atoms. The van der Waals surface area contributed by atoms with Crippen LogP contribution in [0.5, 0.6) is 0 Å². The molecule has 3 rings (SSSR count). The fourth-order valence-corrected chi connectivity index (χ4v) is 3.25. The van der Waals surface area contributed by atoms with E-state index in [1.54, 1.807) is 0 Å². The number of hydrogen-bond donors (Lipinski definition) is 0. The fraction of sp³-hybridized carbons (Fsp3) is 0.235. The molecule has 0 fully saturated rings. The Hall–Kier alpha value is -1.31. The van der Waals surface area contributed by atoms with Crippen molar-refractivity contribution in [2.75, 3.05) is 7.05 Å². The summed E-state index contributed by atoms with van der Waals surface area (Å²) in [6, 6.07) is 14.4. The summed E-state index contributed by atoms with van der Waals surface area (Å²) < 4.78 is 0. The maximum Gasteiger partial charge on any atom is 0.0595 e. The van der Waals surface area contributed by atoms with E-state index in [1.807, 2.05) is 19.2 Å². The second-order valence-electron chi connectivity index (χ2n) is 5.02. The monoisotopic (exact) mass is 303 g/mol. The van der Waals surface area contributed by atoms with Gasteiger partial charge in [-0.25, -0.2) is 0 Å². The van der Waals surface area contributed by atoms with E-state index < -0.39 is 0 Å². The normalized spacial score (nSPS) is 19.9. The third-order valence-corrected chi connectivity index (χ3v) is 4.67. The maximum absolute atomic E-state index is 6.16. The lowest BCUT2D eigenvalue weighted by atomic mass is 9.78. The van der Waals surface area contributed by atoms with Crippen molar-refractivity contribution in [2.24, 2.45) is 4.99 Å². The molecule has 2 aromatic rings. The Morgan fingerprint density at radius 3 is 2.60 bits per heavy atom. The fourth-order valence-electron chi connectivity index (χ4n) is 2.94. The third-order valence-electron chi connectivity index (χ3n) is 3.93. The first-order valence-electron chi connectivity index (χ1n) is 6.70. The lowest BCUT2D eigenvalue weighted by molar-refractivity contribution is 0.722. The van der Waals surface area contributed by atoms with Crippen molar-refractivity contribution in [3.05, 3.63) is 69.2 Å². The smallest absolute Gasteiger partial charge is 0.0595 e. The van der Waals surface area contributed by atoms with Gasteiger partial charge in [0.05, 0.1) is 10.0 Å². The highest BCUT2D eigenvalue weighted by Gasteiger charge is 2.25. The number of aliphatic imine (C=N–C) groups is 1. The minimum Gasteiger partial charge on any atom is -0.292 e. The van der Waals surface area contributed by atoms with Gasteiger partial charge in [0.15, 0.2) is 0 Å². The van der Waals surface area contributed by atoms with E-state index in [4.69, 9.17) is 23.2 Å². The van der Waals surface area contributed by atoms with Crippen LogP contribution in [0.3, 0.4) is 0 Å². The van der Waals surface area contributed by atoms with Crippen LogP contribution in [0, 0.1) is 0 Å². The van der Waals surface area contributed by atoms with Gasteiger partial charge in [0, 0.05) is 18.7 Å². The van der Waals surface area contributed by atoms with E-state index in [-0.39, 0.29) is 0 Å². The van der Waals surface area contributed by atoms with Crippen molar-refractivity contribution in [1.82, 2.24) is 0 Å². The highest BCUT2D eigenvalue weighted by molar-refractivity contribution is 6.42. The second kappa shape index (κ2) is 5.59. The molecule has 3 heteroatoms. The average molecular weight is 304 g/mol. The molecule has 0 radical (unpaired) electrons. The molecular formula is C17H15Cl2N. The van der Waals surface area contributed by atoms with Crippen LogP contribution in [-0.4, -0.2) is 12.8 Å². The summed E-state index contributed by atoms with van der Waals surface area (Å²) in [5.74, 6) is 0.367. The van der Waals surface area contributed by atoms with E-state index in [2.05, 4.69) is 35.3 Å². The number of halogens is 2. The number of benzene rings is 2. The van der Waals surface area contributed by atoms with E-state index in [0.29, 0.717) is 16.0 Å². The number of fused-ring (bicyclic) bond motifs is 1. The summed E-state index contributed by atoms with van der Waals surface area (Å²) in [5, 5.41) is 1.23. The van der Waals surface area contributed by atoms with Crippen LogP contribution < -0.4 is 0 Å². The highest BCUT2D eigenvalue weighted by Crippen LogP contribution is 2.38. The maximum atomic E-state index is 6.16. The molecule has 0 aliphatic heterocycles. The zero-order chi connectivity index (χ0) is 14.1. The molecule has 102 valence electrons. The molecular weight excluding hydrogens is 289 g/mol. The minimum absolute atomic E-state index is 0.367. The van der Waals surface area contributed by atoms with Crippen LogP contribution in [0.4, 0.5) is 0 Å². The lowest BCUT2D eigenvalue weighted by Crippen LogP contribution is -2.17. The Morgan fingerprint density at radius 2 is 1.85 bits per heavy atom. The molecule has 0 bridgehead atoms. The van der Waals surface area contributed by atoms with E-state index in [9.17, 15) is 0 Å². The van der Waals surface area contributed by atoms with Gasteiger partial charge in [0.1, 0.15) is 0 Å². The quantitative estimate of drug-likeness (QED) is 0.674. The predicted octanol–water partition coefficient (Wildman–Crippen LogP) is 5.34. The Balaban J connectivity index is 2.09. The molecule has 0 heterocycles. The Kier molecular flexibility index (Phi) is 3.82. The van der Waals surface area contributed by atoms with Crippen molar-refractivity contribution < 1.29 is 0 Å². The van der Waals surface area contributed by atoms with E-state index in [1.165, 1.54) is 22.4 Å². The molecule has 0 spiro atoms. The van der Waals surface area contributed by atoms with Gasteiger partial charge in [0.2, 0.25) is 0 Å². The predicted molar refractivity (Wildman–Crippen MR) is 86.4 cm³/mol. The Labute approximate surface area is 129 Å². The van der Waals surface area contributed by atoms with Crippen LogP contribution in [0.25, 0.3) is 0 Å². The van der Waals surface area contributed by atoms with Gasteiger partial charge in [0.25, 0.3) is 0 Å². The second-order valence-corrected chi connectivity index (χ2v) is 5.84. The molecule has 0 aromatic heterocycles. The Bertz CT molecular complexity index is 676. The standard InChI is InChI=1S/C17H15Cl2N/c1-20-17-9-7-12(13-4-2-3-5-14(13)17)11-6-8-15(18)16(19)10-11/h2-6,8,10,12H,7,9H2,1H3/b20-17-/t12-/m0/s1.